The minimum absolute atomic E-state index is 0.0419. The Bertz CT molecular complexity index is 1690. The van der Waals surface area contributed by atoms with Crippen LogP contribution in [0.5, 0.6) is 0 Å². The summed E-state index contributed by atoms with van der Waals surface area (Å²) in [6.45, 7) is 8.28. The Morgan fingerprint density at radius 3 is 2.24 bits per heavy atom. The van der Waals surface area contributed by atoms with Gasteiger partial charge in [-0.1, -0.05) is 42.5 Å². The van der Waals surface area contributed by atoms with Crippen LogP contribution in [-0.2, 0) is 34.3 Å². The third-order valence-electron chi connectivity index (χ3n) is 8.77. The molecule has 2 aliphatic heterocycles. The van der Waals surface area contributed by atoms with Crippen LogP contribution in [0.1, 0.15) is 43.2 Å². The molecule has 2 unspecified atom stereocenters. The van der Waals surface area contributed by atoms with Gasteiger partial charge < -0.3 is 38.5 Å². The number of anilines is 1. The first-order valence-corrected chi connectivity index (χ1v) is 18.9. The molecule has 0 bridgehead atoms. The summed E-state index contributed by atoms with van der Waals surface area (Å²) in [5.74, 6) is 0.0941. The summed E-state index contributed by atoms with van der Waals surface area (Å²) in [5.41, 5.74) is 1.50. The Labute approximate surface area is 299 Å². The van der Waals surface area contributed by atoms with Crippen LogP contribution in [-0.4, -0.2) is 116 Å². The first-order valence-electron chi connectivity index (χ1n) is 17.4. The van der Waals surface area contributed by atoms with E-state index in [1.807, 2.05) is 30.3 Å². The van der Waals surface area contributed by atoms with Gasteiger partial charge in [0.15, 0.2) is 5.82 Å². The van der Waals surface area contributed by atoms with Crippen LogP contribution in [0, 0.1) is 0 Å². The molecule has 15 heteroatoms. The van der Waals surface area contributed by atoms with Crippen LogP contribution in [0.25, 0.3) is 11.4 Å². The second-order valence-electron chi connectivity index (χ2n) is 12.1. The molecule has 3 amide bonds. The number of nitrogens with zero attached hydrogens (tertiary/aromatic N) is 5. The lowest BCUT2D eigenvalue weighted by Gasteiger charge is -2.36. The van der Waals surface area contributed by atoms with Gasteiger partial charge in [0.2, 0.25) is 5.91 Å². The SMILES string of the molecule is CCOC(=O)N1CCN(C(=O)C(Cc2cccc(P(=O)(OCC)OCC)c2)NC(=O)c2cc(N3CCC(OC)C3)nc(-c3ccccc3)n2)CC1. The van der Waals surface area contributed by atoms with Gasteiger partial charge in [0.25, 0.3) is 5.91 Å². The highest BCUT2D eigenvalue weighted by Crippen LogP contribution is 2.46. The molecule has 2 saturated heterocycles. The molecule has 3 heterocycles. The van der Waals surface area contributed by atoms with Gasteiger partial charge in [-0.2, -0.15) is 0 Å². The molecule has 14 nitrogen and oxygen atoms in total. The number of carbonyl (C=O) groups excluding carboxylic acids is 3. The van der Waals surface area contributed by atoms with Gasteiger partial charge in [-0.3, -0.25) is 14.2 Å². The number of nitrogens with one attached hydrogen (secondary N) is 1. The van der Waals surface area contributed by atoms with Crippen LogP contribution in [0.4, 0.5) is 10.6 Å². The van der Waals surface area contributed by atoms with E-state index in [2.05, 4.69) is 15.2 Å². The average molecular weight is 723 g/mol. The molecule has 1 aromatic heterocycles. The summed E-state index contributed by atoms with van der Waals surface area (Å²) in [6.07, 6.45) is 0.518. The van der Waals surface area contributed by atoms with Crippen LogP contribution >= 0.6 is 7.60 Å². The maximum atomic E-state index is 14.2. The van der Waals surface area contributed by atoms with Crippen molar-refractivity contribution in [2.24, 2.45) is 0 Å². The zero-order chi connectivity index (χ0) is 36.4. The zero-order valence-electron chi connectivity index (χ0n) is 29.7. The van der Waals surface area contributed by atoms with Crippen molar-refractivity contribution < 1.29 is 37.5 Å². The number of hydrogen-bond acceptors (Lipinski definition) is 11. The summed E-state index contributed by atoms with van der Waals surface area (Å²) >= 11 is 0. The Hall–Kier alpha value is -4.36. The molecule has 2 fully saturated rings. The van der Waals surface area contributed by atoms with E-state index in [9.17, 15) is 18.9 Å². The van der Waals surface area contributed by atoms with Gasteiger partial charge in [0.1, 0.15) is 17.6 Å². The van der Waals surface area contributed by atoms with E-state index in [-0.39, 0.29) is 57.0 Å². The van der Waals surface area contributed by atoms with Gasteiger partial charge in [0.05, 0.1) is 31.2 Å². The topological polar surface area (TPSA) is 153 Å². The summed E-state index contributed by atoms with van der Waals surface area (Å²) in [7, 11) is -1.93. The highest BCUT2D eigenvalue weighted by molar-refractivity contribution is 7.62. The highest BCUT2D eigenvalue weighted by atomic mass is 31.2. The van der Waals surface area contributed by atoms with E-state index < -0.39 is 25.6 Å². The predicted octanol–water partition coefficient (Wildman–Crippen LogP) is 3.90. The van der Waals surface area contributed by atoms with Crippen molar-refractivity contribution >= 4 is 36.6 Å². The Morgan fingerprint density at radius 1 is 0.882 bits per heavy atom. The first kappa shape index (κ1) is 37.9. The van der Waals surface area contributed by atoms with Crippen molar-refractivity contribution in [2.45, 2.75) is 45.8 Å². The van der Waals surface area contributed by atoms with E-state index in [0.717, 1.165) is 12.0 Å². The third-order valence-corrected chi connectivity index (χ3v) is 10.9. The summed E-state index contributed by atoms with van der Waals surface area (Å²) in [6, 6.07) is 16.9. The Balaban J connectivity index is 1.45. The number of rotatable bonds is 14. The fourth-order valence-electron chi connectivity index (χ4n) is 6.15. The normalized spacial score (nSPS) is 16.9. The van der Waals surface area contributed by atoms with Gasteiger partial charge >= 0.3 is 13.7 Å². The minimum Gasteiger partial charge on any atom is -0.450 e. The van der Waals surface area contributed by atoms with Gasteiger partial charge in [0, 0.05) is 64.4 Å². The Morgan fingerprint density at radius 2 is 1.59 bits per heavy atom. The van der Waals surface area contributed by atoms with Crippen LogP contribution < -0.4 is 15.5 Å². The number of amides is 3. The molecule has 51 heavy (non-hydrogen) atoms. The molecule has 5 rings (SSSR count). The van der Waals surface area contributed by atoms with E-state index in [4.69, 9.17) is 23.5 Å². The lowest BCUT2D eigenvalue weighted by molar-refractivity contribution is -0.134. The molecule has 3 aromatic rings. The quantitative estimate of drug-likeness (QED) is 0.241. The van der Waals surface area contributed by atoms with Gasteiger partial charge in [-0.15, -0.1) is 0 Å². The van der Waals surface area contributed by atoms with E-state index in [1.165, 1.54) is 0 Å². The van der Waals surface area contributed by atoms with Crippen LogP contribution in [0.2, 0.25) is 0 Å². The average Bonchev–Trinajstić information content (AvgIpc) is 3.65. The predicted molar refractivity (Wildman–Crippen MR) is 192 cm³/mol. The highest BCUT2D eigenvalue weighted by Gasteiger charge is 2.33. The molecule has 0 spiro atoms. The van der Waals surface area contributed by atoms with Crippen LogP contribution in [0.3, 0.4) is 0 Å². The number of aromatic nitrogens is 2. The van der Waals surface area contributed by atoms with Gasteiger partial charge in [-0.05, 0) is 44.9 Å². The second kappa shape index (κ2) is 17.7. The number of ether oxygens (including phenoxy) is 2. The lowest BCUT2D eigenvalue weighted by Crippen LogP contribution is -2.56. The van der Waals surface area contributed by atoms with Crippen LogP contribution in [0.15, 0.2) is 60.7 Å². The molecule has 0 radical (unpaired) electrons. The summed E-state index contributed by atoms with van der Waals surface area (Å²) in [4.78, 5) is 55.4. The summed E-state index contributed by atoms with van der Waals surface area (Å²) in [5, 5.41) is 3.32. The molecule has 274 valence electrons. The van der Waals surface area contributed by atoms with Crippen molar-refractivity contribution in [2.75, 3.05) is 71.1 Å². The number of benzene rings is 2. The number of piperazine rings is 1. The van der Waals surface area contributed by atoms with E-state index in [1.54, 1.807) is 68.0 Å². The number of hydrogen-bond donors (Lipinski definition) is 1. The maximum Gasteiger partial charge on any atom is 0.409 e. The minimum atomic E-state index is -3.61. The zero-order valence-corrected chi connectivity index (χ0v) is 30.6. The molecular weight excluding hydrogens is 675 g/mol. The van der Waals surface area contributed by atoms with Crippen molar-refractivity contribution in [3.05, 3.63) is 71.9 Å². The number of methoxy groups -OCH3 is 1. The standard InChI is InChI=1S/C36H47N6O8P/c1-5-48-36(45)41-20-18-40(19-21-41)35(44)31(23-26-12-11-15-29(22-26)51(46,49-6-2)50-7-3)38-34(43)30-24-32(42-17-16-28(25-42)47-4)39-33(37-30)27-13-9-8-10-14-27/h8-15,22,24,28,31H,5-7,16-21,23,25H2,1-4H3,(H,38,43). The molecule has 2 aromatic carbocycles. The second-order valence-corrected chi connectivity index (χ2v) is 14.2. The van der Waals surface area contributed by atoms with Gasteiger partial charge in [-0.25, -0.2) is 14.8 Å². The van der Waals surface area contributed by atoms with Crippen molar-refractivity contribution in [1.29, 1.82) is 0 Å². The fourth-order valence-corrected chi connectivity index (χ4v) is 7.80. The maximum absolute atomic E-state index is 14.2. The van der Waals surface area contributed by atoms with Crippen molar-refractivity contribution in [3.8, 4) is 11.4 Å². The molecule has 0 aliphatic carbocycles. The summed E-state index contributed by atoms with van der Waals surface area (Å²) < 4.78 is 35.4. The molecule has 0 saturated carbocycles. The third kappa shape index (κ3) is 9.50. The van der Waals surface area contributed by atoms with Crippen molar-refractivity contribution in [3.63, 3.8) is 0 Å². The number of carbonyl (C=O) groups is 3. The molecular formula is C36H47N6O8P. The van der Waals surface area contributed by atoms with Crippen molar-refractivity contribution in [1.82, 2.24) is 25.1 Å². The monoisotopic (exact) mass is 722 g/mol. The molecule has 2 aliphatic rings. The fraction of sp³-hybridized carbons (Fsp3) is 0.472. The first-order chi connectivity index (χ1) is 24.7. The molecule has 1 N–H and O–H groups in total. The van der Waals surface area contributed by atoms with E-state index in [0.29, 0.717) is 48.7 Å². The van der Waals surface area contributed by atoms with E-state index >= 15 is 0 Å². The Kier molecular flexibility index (Phi) is 13.2. The molecule has 2 atom stereocenters. The largest absolute Gasteiger partial charge is 0.450 e. The lowest BCUT2D eigenvalue weighted by atomic mass is 10.0. The smallest absolute Gasteiger partial charge is 0.409 e.